The zero-order chi connectivity index (χ0) is 18.6. The molecule has 0 aliphatic carbocycles. The van der Waals surface area contributed by atoms with E-state index in [-0.39, 0.29) is 24.3 Å². The summed E-state index contributed by atoms with van der Waals surface area (Å²) in [6, 6.07) is 6.73. The van der Waals surface area contributed by atoms with E-state index in [0.717, 1.165) is 15.0 Å². The normalized spacial score (nSPS) is 15.7. The Kier molecular flexibility index (Phi) is 6.45. The number of hydrogen-bond donors (Lipinski definition) is 0. The van der Waals surface area contributed by atoms with E-state index in [1.54, 1.807) is 29.2 Å². The minimum Gasteiger partial charge on any atom is -0.469 e. The topological polar surface area (TPSA) is 84.0 Å². The Morgan fingerprint density at radius 2 is 1.80 bits per heavy atom. The van der Waals surface area contributed by atoms with Gasteiger partial charge in [0.2, 0.25) is 15.9 Å². The molecule has 1 aliphatic heterocycles. The summed E-state index contributed by atoms with van der Waals surface area (Å²) in [5.41, 5.74) is 0.434. The number of ether oxygens (including phenoxy) is 1. The van der Waals surface area contributed by atoms with Crippen molar-refractivity contribution in [3.8, 4) is 0 Å². The molecule has 1 amide bonds. The van der Waals surface area contributed by atoms with Gasteiger partial charge in [0.25, 0.3) is 0 Å². The second-order valence-electron chi connectivity index (χ2n) is 5.92. The number of halogens is 1. The molecule has 0 N–H and O–H groups in total. The number of rotatable bonds is 5. The van der Waals surface area contributed by atoms with Crippen molar-refractivity contribution < 1.29 is 22.7 Å². The highest BCUT2D eigenvalue weighted by Crippen LogP contribution is 2.22. The molecule has 25 heavy (non-hydrogen) atoms. The lowest BCUT2D eigenvalue weighted by atomic mass is 9.97. The number of piperidine rings is 1. The van der Waals surface area contributed by atoms with Gasteiger partial charge in [-0.25, -0.2) is 8.42 Å². The van der Waals surface area contributed by atoms with Crippen molar-refractivity contribution in [1.82, 2.24) is 4.90 Å². The first-order valence-electron chi connectivity index (χ1n) is 7.81. The van der Waals surface area contributed by atoms with Gasteiger partial charge in [0, 0.05) is 17.6 Å². The van der Waals surface area contributed by atoms with Crippen LogP contribution in [0.1, 0.15) is 12.8 Å². The number of carbonyl (C=O) groups is 2. The maximum Gasteiger partial charge on any atom is 0.308 e. The molecule has 0 aromatic heterocycles. The number of likely N-dealkylation sites (tertiary alicyclic amines) is 1. The van der Waals surface area contributed by atoms with Crippen LogP contribution in [0.3, 0.4) is 0 Å². The number of sulfonamides is 1. The summed E-state index contributed by atoms with van der Waals surface area (Å²) in [5.74, 6) is -0.747. The Balaban J connectivity index is 2.06. The maximum absolute atomic E-state index is 12.5. The summed E-state index contributed by atoms with van der Waals surface area (Å²) in [6.07, 6.45) is 2.12. The van der Waals surface area contributed by atoms with Crippen molar-refractivity contribution in [2.75, 3.05) is 37.3 Å². The third kappa shape index (κ3) is 5.18. The lowest BCUT2D eigenvalue weighted by Gasteiger charge is -2.32. The number of nitrogens with zero attached hydrogens (tertiary/aromatic N) is 2. The third-order valence-corrected chi connectivity index (χ3v) is 5.85. The SMILES string of the molecule is COC(=O)C1CCN(C(=O)CN(c2ccc(Br)cc2)S(C)(=O)=O)CC1. The third-order valence-electron chi connectivity index (χ3n) is 4.18. The van der Waals surface area contributed by atoms with Gasteiger partial charge >= 0.3 is 5.97 Å². The average Bonchev–Trinajstić information content (AvgIpc) is 2.59. The lowest BCUT2D eigenvalue weighted by Crippen LogP contribution is -2.46. The Morgan fingerprint density at radius 3 is 2.28 bits per heavy atom. The fourth-order valence-electron chi connectivity index (χ4n) is 2.76. The van der Waals surface area contributed by atoms with Crippen LogP contribution < -0.4 is 4.31 Å². The largest absolute Gasteiger partial charge is 0.469 e. The van der Waals surface area contributed by atoms with Gasteiger partial charge in [-0.1, -0.05) is 15.9 Å². The van der Waals surface area contributed by atoms with Crippen molar-refractivity contribution in [2.45, 2.75) is 12.8 Å². The molecule has 0 atom stereocenters. The van der Waals surface area contributed by atoms with Gasteiger partial charge in [-0.2, -0.15) is 0 Å². The fourth-order valence-corrected chi connectivity index (χ4v) is 3.88. The monoisotopic (exact) mass is 432 g/mol. The quantitative estimate of drug-likeness (QED) is 0.660. The highest BCUT2D eigenvalue weighted by molar-refractivity contribution is 9.10. The standard InChI is InChI=1S/C16H21BrN2O5S/c1-24-16(21)12-7-9-18(10-8-12)15(20)11-19(25(2,22)23)14-5-3-13(17)4-6-14/h3-6,12H,7-11H2,1-2H3. The molecule has 1 aromatic carbocycles. The van der Waals surface area contributed by atoms with Crippen LogP contribution in [0, 0.1) is 5.92 Å². The van der Waals surface area contributed by atoms with Gasteiger partial charge in [-0.3, -0.25) is 13.9 Å². The van der Waals surface area contributed by atoms with Crippen LogP contribution in [0.2, 0.25) is 0 Å². The van der Waals surface area contributed by atoms with Crippen molar-refractivity contribution in [1.29, 1.82) is 0 Å². The minimum absolute atomic E-state index is 0.202. The molecule has 2 rings (SSSR count). The minimum atomic E-state index is -3.60. The molecule has 0 spiro atoms. The summed E-state index contributed by atoms with van der Waals surface area (Å²) in [4.78, 5) is 25.7. The number of esters is 1. The molecule has 0 unspecified atom stereocenters. The first-order valence-corrected chi connectivity index (χ1v) is 10.5. The number of hydrogen-bond acceptors (Lipinski definition) is 5. The number of anilines is 1. The molecular weight excluding hydrogens is 412 g/mol. The smallest absolute Gasteiger partial charge is 0.308 e. The molecule has 0 saturated carbocycles. The van der Waals surface area contributed by atoms with Gasteiger partial charge in [-0.05, 0) is 37.1 Å². The van der Waals surface area contributed by atoms with Gasteiger partial charge in [0.05, 0.1) is 25.0 Å². The maximum atomic E-state index is 12.5. The lowest BCUT2D eigenvalue weighted by molar-refractivity contribution is -0.148. The van der Waals surface area contributed by atoms with Crippen LogP contribution in [0.25, 0.3) is 0 Å². The van der Waals surface area contributed by atoms with Crippen LogP contribution in [0.15, 0.2) is 28.7 Å². The molecule has 1 aliphatic rings. The first-order chi connectivity index (χ1) is 11.7. The summed E-state index contributed by atoms with van der Waals surface area (Å²) < 4.78 is 30.8. The number of carbonyl (C=O) groups excluding carboxylic acids is 2. The van der Waals surface area contributed by atoms with E-state index in [2.05, 4.69) is 15.9 Å². The average molecular weight is 433 g/mol. The molecule has 1 heterocycles. The highest BCUT2D eigenvalue weighted by Gasteiger charge is 2.30. The van der Waals surface area contributed by atoms with E-state index in [1.807, 2.05) is 0 Å². The molecule has 0 bridgehead atoms. The second-order valence-corrected chi connectivity index (χ2v) is 8.75. The first kappa shape index (κ1) is 19.7. The Morgan fingerprint density at radius 1 is 1.24 bits per heavy atom. The molecule has 0 radical (unpaired) electrons. The number of amides is 1. The Hall–Kier alpha value is -1.61. The van der Waals surface area contributed by atoms with Crippen molar-refractivity contribution in [2.24, 2.45) is 5.92 Å². The van der Waals surface area contributed by atoms with Crippen LogP contribution in [0.5, 0.6) is 0 Å². The summed E-state index contributed by atoms with van der Waals surface area (Å²) >= 11 is 3.30. The van der Waals surface area contributed by atoms with Gasteiger partial charge < -0.3 is 9.64 Å². The van der Waals surface area contributed by atoms with Crippen LogP contribution in [0.4, 0.5) is 5.69 Å². The predicted molar refractivity (Wildman–Crippen MR) is 97.7 cm³/mol. The molecule has 7 nitrogen and oxygen atoms in total. The summed E-state index contributed by atoms with van der Waals surface area (Å²) in [6.45, 7) is 0.566. The number of methoxy groups -OCH3 is 1. The summed E-state index contributed by atoms with van der Waals surface area (Å²) in [5, 5.41) is 0. The van der Waals surface area contributed by atoms with E-state index < -0.39 is 10.0 Å². The van der Waals surface area contributed by atoms with Crippen LogP contribution >= 0.6 is 15.9 Å². The Labute approximate surface area is 156 Å². The van der Waals surface area contributed by atoms with E-state index in [0.29, 0.717) is 31.6 Å². The molecule has 9 heteroatoms. The molecular formula is C16H21BrN2O5S. The van der Waals surface area contributed by atoms with Crippen LogP contribution in [-0.4, -0.2) is 58.2 Å². The molecule has 1 saturated heterocycles. The van der Waals surface area contributed by atoms with Gasteiger partial charge in [-0.15, -0.1) is 0 Å². The summed E-state index contributed by atoms with van der Waals surface area (Å²) in [7, 11) is -2.25. The van der Waals surface area contributed by atoms with E-state index in [9.17, 15) is 18.0 Å². The van der Waals surface area contributed by atoms with E-state index >= 15 is 0 Å². The zero-order valence-electron chi connectivity index (χ0n) is 14.1. The second kappa shape index (κ2) is 8.18. The highest BCUT2D eigenvalue weighted by atomic mass is 79.9. The molecule has 138 valence electrons. The van der Waals surface area contributed by atoms with Gasteiger partial charge in [0.1, 0.15) is 6.54 Å². The van der Waals surface area contributed by atoms with Crippen molar-refractivity contribution >= 4 is 43.5 Å². The van der Waals surface area contributed by atoms with Crippen molar-refractivity contribution in [3.05, 3.63) is 28.7 Å². The zero-order valence-corrected chi connectivity index (χ0v) is 16.5. The molecule has 1 aromatic rings. The van der Waals surface area contributed by atoms with Gasteiger partial charge in [0.15, 0.2) is 0 Å². The molecule has 1 fully saturated rings. The van der Waals surface area contributed by atoms with Crippen LogP contribution in [-0.2, 0) is 24.3 Å². The Bertz CT molecular complexity index is 727. The predicted octanol–water partition coefficient (Wildman–Crippen LogP) is 1.63. The number of benzene rings is 1. The van der Waals surface area contributed by atoms with E-state index in [4.69, 9.17) is 4.74 Å². The van der Waals surface area contributed by atoms with E-state index in [1.165, 1.54) is 7.11 Å². The fraction of sp³-hybridized carbons (Fsp3) is 0.500. The van der Waals surface area contributed by atoms with Crippen molar-refractivity contribution in [3.63, 3.8) is 0 Å².